The van der Waals surface area contributed by atoms with Gasteiger partial charge in [-0.2, -0.15) is 8.78 Å². The number of hydrogen-bond donors (Lipinski definition) is 2. The Hall–Kier alpha value is -1.26. The van der Waals surface area contributed by atoms with Gasteiger partial charge < -0.3 is 5.11 Å². The van der Waals surface area contributed by atoms with Crippen LogP contribution in [0.25, 0.3) is 0 Å². The van der Waals surface area contributed by atoms with Crippen molar-refractivity contribution in [1.82, 2.24) is 4.72 Å². The molecule has 0 aliphatic rings. The van der Waals surface area contributed by atoms with E-state index in [-0.39, 0.29) is 11.1 Å². The fourth-order valence-electron chi connectivity index (χ4n) is 1.43. The van der Waals surface area contributed by atoms with Crippen LogP contribution < -0.4 is 4.72 Å². The summed E-state index contributed by atoms with van der Waals surface area (Å²) < 4.78 is 87.6. The number of halogens is 5. The van der Waals surface area contributed by atoms with Crippen molar-refractivity contribution in [2.45, 2.75) is 30.8 Å². The van der Waals surface area contributed by atoms with Gasteiger partial charge in [0, 0.05) is 5.56 Å². The quantitative estimate of drug-likeness (QED) is 0.780. The lowest BCUT2D eigenvalue weighted by Crippen LogP contribution is -2.41. The molecule has 0 amide bonds. The Bertz CT molecular complexity index is 619. The summed E-state index contributed by atoms with van der Waals surface area (Å²) >= 11 is 0. The second-order valence-corrected chi connectivity index (χ2v) is 6.02. The van der Waals surface area contributed by atoms with E-state index >= 15 is 0 Å². The van der Waals surface area contributed by atoms with Gasteiger partial charge in [0.15, 0.2) is 0 Å². The molecule has 1 aromatic carbocycles. The number of hydrogen-bond acceptors (Lipinski definition) is 3. The van der Waals surface area contributed by atoms with Gasteiger partial charge in [-0.05, 0) is 24.6 Å². The molecule has 21 heavy (non-hydrogen) atoms. The maximum absolute atomic E-state index is 13.5. The van der Waals surface area contributed by atoms with Crippen molar-refractivity contribution in [1.29, 1.82) is 0 Å². The summed E-state index contributed by atoms with van der Waals surface area (Å²) in [4.78, 5) is -0.601. The summed E-state index contributed by atoms with van der Waals surface area (Å²) in [6.45, 7) is -1.39. The largest absolute Gasteiger partial charge is 0.392 e. The highest BCUT2D eigenvalue weighted by Gasteiger charge is 2.41. The fourth-order valence-corrected chi connectivity index (χ4v) is 2.61. The van der Waals surface area contributed by atoms with Gasteiger partial charge in [-0.25, -0.2) is 26.3 Å². The predicted octanol–water partition coefficient (Wildman–Crippen LogP) is 1.81. The molecule has 120 valence electrons. The van der Waals surface area contributed by atoms with Gasteiger partial charge in [0.25, 0.3) is 0 Å². The Labute approximate surface area is 117 Å². The van der Waals surface area contributed by atoms with Gasteiger partial charge in [-0.15, -0.1) is 0 Å². The zero-order valence-electron chi connectivity index (χ0n) is 10.7. The summed E-state index contributed by atoms with van der Waals surface area (Å²) in [5.74, 6) is -5.36. The lowest BCUT2D eigenvalue weighted by molar-refractivity contribution is -0.122. The van der Waals surface area contributed by atoms with Crippen LogP contribution in [0.5, 0.6) is 0 Å². The third-order valence-corrected chi connectivity index (χ3v) is 3.98. The van der Waals surface area contributed by atoms with Crippen LogP contribution in [-0.2, 0) is 16.6 Å². The summed E-state index contributed by atoms with van der Waals surface area (Å²) in [5, 5.41) is 8.89. The average molecular weight is 333 g/mol. The second-order valence-electron chi connectivity index (χ2n) is 4.26. The maximum atomic E-state index is 13.5. The second kappa shape index (κ2) is 6.24. The van der Waals surface area contributed by atoms with Crippen molar-refractivity contribution < 1.29 is 35.5 Å². The molecule has 0 atom stereocenters. The van der Waals surface area contributed by atoms with Gasteiger partial charge >= 0.3 is 12.3 Å². The van der Waals surface area contributed by atoms with E-state index in [0.717, 1.165) is 12.1 Å². The molecular formula is C11H12F5NO3S. The van der Waals surface area contributed by atoms with E-state index in [4.69, 9.17) is 5.11 Å². The van der Waals surface area contributed by atoms with E-state index < -0.39 is 46.2 Å². The first kappa shape index (κ1) is 17.8. The summed E-state index contributed by atoms with van der Waals surface area (Å²) in [7, 11) is -4.54. The molecule has 0 saturated carbocycles. The first-order valence-corrected chi connectivity index (χ1v) is 7.05. The maximum Gasteiger partial charge on any atom is 0.320 e. The van der Waals surface area contributed by atoms with Crippen LogP contribution in [0, 0.1) is 12.7 Å². The molecule has 1 rings (SSSR count). The zero-order chi connectivity index (χ0) is 16.4. The minimum atomic E-state index is -4.54. The van der Waals surface area contributed by atoms with Crippen LogP contribution in [0.1, 0.15) is 11.1 Å². The molecule has 0 spiro atoms. The highest BCUT2D eigenvalue weighted by molar-refractivity contribution is 7.89. The number of rotatable bonds is 6. The number of benzene rings is 1. The van der Waals surface area contributed by atoms with Crippen LogP contribution in [0.3, 0.4) is 0 Å². The Kier molecular flexibility index (Phi) is 5.29. The van der Waals surface area contributed by atoms with Crippen molar-refractivity contribution in [3.8, 4) is 0 Å². The van der Waals surface area contributed by atoms with E-state index in [2.05, 4.69) is 0 Å². The highest BCUT2D eigenvalue weighted by Crippen LogP contribution is 2.23. The molecule has 0 saturated heterocycles. The Morgan fingerprint density at radius 3 is 2.38 bits per heavy atom. The molecule has 2 N–H and O–H groups in total. The SMILES string of the molecule is Cc1cc(S(=O)(=O)NCC(F)(F)C(F)F)cc(CO)c1F. The summed E-state index contributed by atoms with van der Waals surface area (Å²) in [6.07, 6.45) is -4.02. The summed E-state index contributed by atoms with van der Waals surface area (Å²) in [6, 6.07) is 1.59. The van der Waals surface area contributed by atoms with Crippen molar-refractivity contribution in [3.05, 3.63) is 29.1 Å². The molecule has 0 unspecified atom stereocenters. The van der Waals surface area contributed by atoms with Crippen LogP contribution in [0.2, 0.25) is 0 Å². The van der Waals surface area contributed by atoms with Crippen LogP contribution in [0.15, 0.2) is 17.0 Å². The van der Waals surface area contributed by atoms with Gasteiger partial charge in [-0.1, -0.05) is 0 Å². The molecule has 0 aliphatic carbocycles. The smallest absolute Gasteiger partial charge is 0.320 e. The lowest BCUT2D eigenvalue weighted by atomic mass is 10.1. The standard InChI is InChI=1S/C11H12F5NO3S/c1-6-2-8(3-7(4-18)9(6)12)21(19,20)17-5-11(15,16)10(13)14/h2-3,10,17-18H,4-5H2,1H3. The lowest BCUT2D eigenvalue weighted by Gasteiger charge is -2.16. The normalized spacial score (nSPS) is 13.0. The molecule has 0 fully saturated rings. The number of aryl methyl sites for hydroxylation is 1. The van der Waals surface area contributed by atoms with Crippen LogP contribution in [-0.4, -0.2) is 32.4 Å². The minimum Gasteiger partial charge on any atom is -0.392 e. The number of nitrogens with one attached hydrogen (secondary N) is 1. The third-order valence-electron chi connectivity index (χ3n) is 2.60. The monoisotopic (exact) mass is 333 g/mol. The molecule has 0 aliphatic heterocycles. The van der Waals surface area contributed by atoms with Crippen molar-refractivity contribution in [3.63, 3.8) is 0 Å². The molecule has 1 aromatic rings. The molecule has 0 aromatic heterocycles. The number of sulfonamides is 1. The Morgan fingerprint density at radius 1 is 1.33 bits per heavy atom. The zero-order valence-corrected chi connectivity index (χ0v) is 11.5. The van der Waals surface area contributed by atoms with Gasteiger partial charge in [0.05, 0.1) is 18.0 Å². The molecule has 0 heterocycles. The number of aliphatic hydroxyl groups excluding tert-OH is 1. The minimum absolute atomic E-state index is 0.137. The van der Waals surface area contributed by atoms with Gasteiger partial charge in [0.2, 0.25) is 10.0 Å². The average Bonchev–Trinajstić information content (AvgIpc) is 2.39. The van der Waals surface area contributed by atoms with Crippen molar-refractivity contribution in [2.75, 3.05) is 6.54 Å². The van der Waals surface area contributed by atoms with Crippen LogP contribution >= 0.6 is 0 Å². The molecular weight excluding hydrogens is 321 g/mol. The number of aliphatic hydroxyl groups is 1. The molecule has 10 heteroatoms. The van der Waals surface area contributed by atoms with E-state index in [9.17, 15) is 30.4 Å². The van der Waals surface area contributed by atoms with E-state index in [1.165, 1.54) is 11.6 Å². The van der Waals surface area contributed by atoms with E-state index in [1.807, 2.05) is 0 Å². The predicted molar refractivity (Wildman–Crippen MR) is 63.2 cm³/mol. The van der Waals surface area contributed by atoms with Crippen LogP contribution in [0.4, 0.5) is 22.0 Å². The fraction of sp³-hybridized carbons (Fsp3) is 0.455. The molecule has 4 nitrogen and oxygen atoms in total. The van der Waals surface area contributed by atoms with Crippen molar-refractivity contribution in [2.24, 2.45) is 0 Å². The Balaban J connectivity index is 3.07. The first-order chi connectivity index (χ1) is 9.51. The van der Waals surface area contributed by atoms with E-state index in [0.29, 0.717) is 0 Å². The molecule has 0 radical (unpaired) electrons. The first-order valence-electron chi connectivity index (χ1n) is 5.57. The third kappa shape index (κ3) is 4.11. The molecule has 0 bridgehead atoms. The summed E-state index contributed by atoms with van der Waals surface area (Å²) in [5.41, 5.74) is -0.487. The van der Waals surface area contributed by atoms with Gasteiger partial charge in [-0.3, -0.25) is 0 Å². The van der Waals surface area contributed by atoms with Crippen molar-refractivity contribution >= 4 is 10.0 Å². The van der Waals surface area contributed by atoms with E-state index in [1.54, 1.807) is 0 Å². The number of alkyl halides is 4. The van der Waals surface area contributed by atoms with Gasteiger partial charge in [0.1, 0.15) is 5.82 Å². The Morgan fingerprint density at radius 2 is 1.90 bits per heavy atom. The highest BCUT2D eigenvalue weighted by atomic mass is 32.2. The topological polar surface area (TPSA) is 66.4 Å².